The van der Waals surface area contributed by atoms with Crippen molar-refractivity contribution in [1.29, 1.82) is 0 Å². The van der Waals surface area contributed by atoms with Gasteiger partial charge in [0.25, 0.3) is 0 Å². The average Bonchev–Trinajstić information content (AvgIpc) is 2.64. The first-order valence-corrected chi connectivity index (χ1v) is 5.86. The zero-order chi connectivity index (χ0) is 12.6. The van der Waals surface area contributed by atoms with E-state index in [-0.39, 0.29) is 0 Å². The number of nitrogens with zero attached hydrogens (tertiary/aromatic N) is 3. The Balaban J connectivity index is 2.55. The minimum atomic E-state index is 0.299. The lowest BCUT2D eigenvalue weighted by Crippen LogP contribution is -2.05. The molecule has 0 atom stereocenters. The van der Waals surface area contributed by atoms with Crippen molar-refractivity contribution in [2.75, 3.05) is 5.73 Å². The Morgan fingerprint density at radius 3 is 2.65 bits per heavy atom. The molecule has 0 radical (unpaired) electrons. The van der Waals surface area contributed by atoms with Gasteiger partial charge in [0.15, 0.2) is 0 Å². The monoisotopic (exact) mass is 250 g/mol. The highest BCUT2D eigenvalue weighted by atomic mass is 35.5. The van der Waals surface area contributed by atoms with Gasteiger partial charge in [0.2, 0.25) is 0 Å². The number of hydrogen-bond acceptors (Lipinski definition) is 3. The summed E-state index contributed by atoms with van der Waals surface area (Å²) in [4.78, 5) is 4.42. The van der Waals surface area contributed by atoms with Gasteiger partial charge in [-0.25, -0.2) is 9.67 Å². The van der Waals surface area contributed by atoms with E-state index in [1.165, 1.54) is 0 Å². The fourth-order valence-corrected chi connectivity index (χ4v) is 1.82. The van der Waals surface area contributed by atoms with Gasteiger partial charge in [-0.3, -0.25) is 0 Å². The largest absolute Gasteiger partial charge is 0.398 e. The second-order valence-corrected chi connectivity index (χ2v) is 4.70. The fourth-order valence-electron chi connectivity index (χ4n) is 1.64. The summed E-state index contributed by atoms with van der Waals surface area (Å²) in [5, 5.41) is 4.91. The van der Waals surface area contributed by atoms with Crippen LogP contribution in [0.2, 0.25) is 5.02 Å². The van der Waals surface area contributed by atoms with Gasteiger partial charge in [0.05, 0.1) is 16.4 Å². The maximum atomic E-state index is 6.02. The standard InChI is InChI=1S/C12H15ClN4/c1-7(2)12-15-8(3)16-17(12)9-4-5-11(14)10(13)6-9/h4-7H,14H2,1-3H3. The molecular weight excluding hydrogens is 236 g/mol. The van der Waals surface area contributed by atoms with Gasteiger partial charge in [-0.15, -0.1) is 0 Å². The van der Waals surface area contributed by atoms with Crippen molar-refractivity contribution in [3.8, 4) is 5.69 Å². The van der Waals surface area contributed by atoms with Crippen molar-refractivity contribution in [2.45, 2.75) is 26.7 Å². The quantitative estimate of drug-likeness (QED) is 0.834. The van der Waals surface area contributed by atoms with E-state index in [0.717, 1.165) is 17.3 Å². The molecule has 0 aliphatic rings. The Hall–Kier alpha value is -1.55. The molecule has 2 rings (SSSR count). The maximum Gasteiger partial charge on any atom is 0.148 e. The Morgan fingerprint density at radius 1 is 1.35 bits per heavy atom. The molecule has 0 aliphatic heterocycles. The molecular formula is C12H15ClN4. The summed E-state index contributed by atoms with van der Waals surface area (Å²) >= 11 is 6.02. The molecule has 0 bridgehead atoms. The number of aryl methyl sites for hydroxylation is 1. The molecule has 0 fully saturated rings. The summed E-state index contributed by atoms with van der Waals surface area (Å²) < 4.78 is 1.81. The van der Waals surface area contributed by atoms with Gasteiger partial charge in [0, 0.05) is 5.92 Å². The van der Waals surface area contributed by atoms with Crippen LogP contribution in [0.5, 0.6) is 0 Å². The highest BCUT2D eigenvalue weighted by molar-refractivity contribution is 6.33. The Bertz CT molecular complexity index is 545. The normalized spacial score (nSPS) is 11.1. The lowest BCUT2D eigenvalue weighted by Gasteiger charge is -2.09. The first kappa shape index (κ1) is 11.9. The molecule has 0 amide bonds. The predicted molar refractivity (Wildman–Crippen MR) is 69.6 cm³/mol. The second-order valence-electron chi connectivity index (χ2n) is 4.29. The van der Waals surface area contributed by atoms with Crippen molar-refractivity contribution in [3.05, 3.63) is 34.9 Å². The highest BCUT2D eigenvalue weighted by Crippen LogP contribution is 2.24. The number of hydrogen-bond donors (Lipinski definition) is 1. The van der Waals surface area contributed by atoms with Crippen LogP contribution in [0.4, 0.5) is 5.69 Å². The van der Waals surface area contributed by atoms with Crippen LogP contribution in [0.3, 0.4) is 0 Å². The molecule has 5 heteroatoms. The number of anilines is 1. The Morgan fingerprint density at radius 2 is 2.06 bits per heavy atom. The molecule has 4 nitrogen and oxygen atoms in total. The van der Waals surface area contributed by atoms with Gasteiger partial charge in [-0.05, 0) is 25.1 Å². The summed E-state index contributed by atoms with van der Waals surface area (Å²) in [5.41, 5.74) is 7.14. The zero-order valence-corrected chi connectivity index (χ0v) is 10.9. The summed E-state index contributed by atoms with van der Waals surface area (Å²) in [6.07, 6.45) is 0. The van der Waals surface area contributed by atoms with Crippen LogP contribution in [0, 0.1) is 6.92 Å². The first-order valence-electron chi connectivity index (χ1n) is 5.48. The molecule has 1 heterocycles. The summed E-state index contributed by atoms with van der Waals surface area (Å²) in [5.74, 6) is 1.97. The molecule has 0 saturated heterocycles. The molecule has 2 aromatic rings. The van der Waals surface area contributed by atoms with Gasteiger partial charge in [-0.1, -0.05) is 25.4 Å². The number of halogens is 1. The topological polar surface area (TPSA) is 56.7 Å². The van der Waals surface area contributed by atoms with Crippen molar-refractivity contribution < 1.29 is 0 Å². The molecule has 2 N–H and O–H groups in total. The summed E-state index contributed by atoms with van der Waals surface area (Å²) in [6.45, 7) is 6.04. The van der Waals surface area contributed by atoms with Crippen LogP contribution in [-0.2, 0) is 0 Å². The SMILES string of the molecule is Cc1nc(C(C)C)n(-c2ccc(N)c(Cl)c2)n1. The third kappa shape index (κ3) is 2.26. The van der Waals surface area contributed by atoms with Crippen molar-refractivity contribution in [1.82, 2.24) is 14.8 Å². The Labute approximate surface area is 105 Å². The third-order valence-corrected chi connectivity index (χ3v) is 2.81. The average molecular weight is 251 g/mol. The van der Waals surface area contributed by atoms with Crippen LogP contribution in [0.15, 0.2) is 18.2 Å². The fraction of sp³-hybridized carbons (Fsp3) is 0.333. The molecule has 1 aromatic heterocycles. The van der Waals surface area contributed by atoms with E-state index in [1.54, 1.807) is 12.1 Å². The highest BCUT2D eigenvalue weighted by Gasteiger charge is 2.13. The molecule has 0 spiro atoms. The second kappa shape index (κ2) is 4.37. The van der Waals surface area contributed by atoms with Crippen LogP contribution < -0.4 is 5.73 Å². The number of benzene rings is 1. The molecule has 90 valence electrons. The molecule has 0 aliphatic carbocycles. The van der Waals surface area contributed by atoms with E-state index in [1.807, 2.05) is 17.7 Å². The smallest absolute Gasteiger partial charge is 0.148 e. The molecule has 0 saturated carbocycles. The third-order valence-electron chi connectivity index (χ3n) is 2.48. The predicted octanol–water partition coefficient (Wildman–Crippen LogP) is 2.93. The number of aromatic nitrogens is 3. The molecule has 17 heavy (non-hydrogen) atoms. The van der Waals surface area contributed by atoms with Crippen LogP contribution >= 0.6 is 11.6 Å². The lowest BCUT2D eigenvalue weighted by molar-refractivity contribution is 0.713. The van der Waals surface area contributed by atoms with Gasteiger partial charge in [-0.2, -0.15) is 5.10 Å². The van der Waals surface area contributed by atoms with E-state index in [0.29, 0.717) is 16.6 Å². The van der Waals surface area contributed by atoms with E-state index in [4.69, 9.17) is 17.3 Å². The van der Waals surface area contributed by atoms with Gasteiger partial charge >= 0.3 is 0 Å². The molecule has 1 aromatic carbocycles. The van der Waals surface area contributed by atoms with Crippen LogP contribution in [0.1, 0.15) is 31.4 Å². The summed E-state index contributed by atoms with van der Waals surface area (Å²) in [6, 6.07) is 5.47. The first-order chi connectivity index (χ1) is 7.99. The minimum absolute atomic E-state index is 0.299. The number of nitrogen functional groups attached to an aromatic ring is 1. The van der Waals surface area contributed by atoms with E-state index >= 15 is 0 Å². The van der Waals surface area contributed by atoms with E-state index < -0.39 is 0 Å². The lowest BCUT2D eigenvalue weighted by atomic mass is 10.2. The maximum absolute atomic E-state index is 6.02. The van der Waals surface area contributed by atoms with E-state index in [9.17, 15) is 0 Å². The van der Waals surface area contributed by atoms with Crippen molar-refractivity contribution >= 4 is 17.3 Å². The number of rotatable bonds is 2. The van der Waals surface area contributed by atoms with E-state index in [2.05, 4.69) is 23.9 Å². The van der Waals surface area contributed by atoms with Crippen molar-refractivity contribution in [3.63, 3.8) is 0 Å². The zero-order valence-electron chi connectivity index (χ0n) is 10.1. The van der Waals surface area contributed by atoms with Gasteiger partial charge < -0.3 is 5.73 Å². The van der Waals surface area contributed by atoms with Crippen molar-refractivity contribution in [2.24, 2.45) is 0 Å². The van der Waals surface area contributed by atoms with Gasteiger partial charge in [0.1, 0.15) is 11.6 Å². The molecule has 0 unspecified atom stereocenters. The van der Waals surface area contributed by atoms with Crippen LogP contribution in [-0.4, -0.2) is 14.8 Å². The summed E-state index contributed by atoms with van der Waals surface area (Å²) in [7, 11) is 0. The minimum Gasteiger partial charge on any atom is -0.398 e. The number of nitrogens with two attached hydrogens (primary N) is 1. The Kier molecular flexibility index (Phi) is 3.07. The van der Waals surface area contributed by atoms with Crippen LogP contribution in [0.25, 0.3) is 5.69 Å².